The van der Waals surface area contributed by atoms with Gasteiger partial charge in [0, 0.05) is 6.20 Å². The highest BCUT2D eigenvalue weighted by Gasteiger charge is 2.40. The van der Waals surface area contributed by atoms with Crippen molar-refractivity contribution in [3.63, 3.8) is 0 Å². The summed E-state index contributed by atoms with van der Waals surface area (Å²) in [5, 5.41) is 0.178. The van der Waals surface area contributed by atoms with Crippen LogP contribution in [0.25, 0.3) is 0 Å². The van der Waals surface area contributed by atoms with Crippen LogP contribution in [-0.4, -0.2) is 18.9 Å². The van der Waals surface area contributed by atoms with Crippen molar-refractivity contribution in [1.82, 2.24) is 4.98 Å². The first kappa shape index (κ1) is 17.4. The van der Waals surface area contributed by atoms with E-state index in [1.54, 1.807) is 6.20 Å². The summed E-state index contributed by atoms with van der Waals surface area (Å²) in [6.07, 6.45) is 1.75. The average Bonchev–Trinajstić information content (AvgIpc) is 2.25. The van der Waals surface area contributed by atoms with Crippen molar-refractivity contribution in [2.45, 2.75) is 58.4 Å². The van der Waals surface area contributed by atoms with Gasteiger partial charge in [0.25, 0.3) is 0 Å². The zero-order valence-corrected chi connectivity index (χ0v) is 16.1. The molecular weight excluding hydrogens is 330 g/mol. The minimum absolute atomic E-state index is 0.178. The zero-order chi connectivity index (χ0) is 15.6. The van der Waals surface area contributed by atoms with Crippen molar-refractivity contribution in [2.24, 2.45) is 0 Å². The minimum atomic E-state index is -1.83. The molecule has 0 N–H and O–H groups in total. The molecule has 0 aliphatic heterocycles. The van der Waals surface area contributed by atoms with E-state index >= 15 is 0 Å². The molecule has 0 amide bonds. The number of hydrogen-bond donors (Lipinski definition) is 0. The Morgan fingerprint density at radius 1 is 1.20 bits per heavy atom. The highest BCUT2D eigenvalue weighted by atomic mass is 79.9. The monoisotopic (exact) mass is 353 g/mol. The summed E-state index contributed by atoms with van der Waals surface area (Å²) in [6, 6.07) is 3.82. The molecule has 20 heavy (non-hydrogen) atoms. The van der Waals surface area contributed by atoms with Gasteiger partial charge in [0.05, 0.1) is 4.47 Å². The first-order chi connectivity index (χ1) is 8.95. The largest absolute Gasteiger partial charge is 0.401 e. The molecular formula is C16H24BrNOSi. The number of hydrogen-bond acceptors (Lipinski definition) is 2. The molecule has 110 valence electrons. The van der Waals surface area contributed by atoms with Gasteiger partial charge < -0.3 is 4.43 Å². The van der Waals surface area contributed by atoms with Crippen molar-refractivity contribution < 1.29 is 4.43 Å². The predicted octanol–water partition coefficient (Wildman–Crippen LogP) is 5.00. The summed E-state index contributed by atoms with van der Waals surface area (Å²) in [7, 11) is -1.83. The smallest absolute Gasteiger partial charge is 0.194 e. The number of halogens is 1. The number of aromatic nitrogens is 1. The molecule has 0 aliphatic rings. The van der Waals surface area contributed by atoms with Crippen LogP contribution >= 0.6 is 15.9 Å². The molecule has 1 aromatic rings. The van der Waals surface area contributed by atoms with Crippen LogP contribution in [0.1, 0.15) is 40.3 Å². The highest BCUT2D eigenvalue weighted by Crippen LogP contribution is 2.38. The van der Waals surface area contributed by atoms with Gasteiger partial charge >= 0.3 is 0 Å². The maximum atomic E-state index is 6.37. The summed E-state index contributed by atoms with van der Waals surface area (Å²) in [4.78, 5) is 4.26. The van der Waals surface area contributed by atoms with E-state index in [0.717, 1.165) is 10.2 Å². The van der Waals surface area contributed by atoms with E-state index in [1.165, 1.54) is 0 Å². The Kier molecular flexibility index (Phi) is 5.23. The van der Waals surface area contributed by atoms with Crippen LogP contribution in [0.4, 0.5) is 0 Å². The third kappa shape index (κ3) is 4.73. The number of nitrogens with zero attached hydrogens (tertiary/aromatic N) is 1. The van der Waals surface area contributed by atoms with E-state index in [2.05, 4.69) is 66.6 Å². The lowest BCUT2D eigenvalue weighted by atomic mass is 10.1. The van der Waals surface area contributed by atoms with Crippen molar-refractivity contribution >= 4 is 24.2 Å². The molecule has 0 radical (unpaired) electrons. The minimum Gasteiger partial charge on any atom is -0.401 e. The molecule has 4 heteroatoms. The van der Waals surface area contributed by atoms with Crippen molar-refractivity contribution in [2.75, 3.05) is 0 Å². The van der Waals surface area contributed by atoms with Gasteiger partial charge in [0.1, 0.15) is 11.3 Å². The van der Waals surface area contributed by atoms with E-state index in [0.29, 0.717) is 0 Å². The fraction of sp³-hybridized carbons (Fsp3) is 0.562. The Balaban J connectivity index is 2.95. The average molecular weight is 354 g/mol. The van der Waals surface area contributed by atoms with Gasteiger partial charge in [-0.05, 0) is 66.0 Å². The maximum absolute atomic E-state index is 6.37. The molecule has 0 fully saturated rings. The lowest BCUT2D eigenvalue weighted by Crippen LogP contribution is -2.47. The maximum Gasteiger partial charge on any atom is 0.194 e. The first-order valence-corrected chi connectivity index (χ1v) is 10.5. The summed E-state index contributed by atoms with van der Waals surface area (Å²) in [6.45, 7) is 15.2. The Bertz CT molecular complexity index is 535. The fourth-order valence-corrected chi connectivity index (χ4v) is 3.49. The van der Waals surface area contributed by atoms with Gasteiger partial charge in [-0.25, -0.2) is 4.98 Å². The quantitative estimate of drug-likeness (QED) is 0.551. The van der Waals surface area contributed by atoms with Crippen LogP contribution < -0.4 is 0 Å². The van der Waals surface area contributed by atoms with Gasteiger partial charge in [-0.15, -0.1) is 0 Å². The summed E-state index contributed by atoms with van der Waals surface area (Å²) < 4.78 is 7.29. The van der Waals surface area contributed by atoms with Crippen LogP contribution in [-0.2, 0) is 4.43 Å². The molecule has 0 atom stereocenters. The van der Waals surface area contributed by atoms with Gasteiger partial charge in [-0.2, -0.15) is 0 Å². The second-order valence-corrected chi connectivity index (χ2v) is 12.5. The van der Waals surface area contributed by atoms with Crippen molar-refractivity contribution in [3.05, 3.63) is 28.5 Å². The molecule has 1 rings (SSSR count). The van der Waals surface area contributed by atoms with Crippen molar-refractivity contribution in [1.29, 1.82) is 0 Å². The molecule has 0 saturated carbocycles. The van der Waals surface area contributed by atoms with Crippen LogP contribution in [0, 0.1) is 11.8 Å². The molecule has 0 bridgehead atoms. The van der Waals surface area contributed by atoms with E-state index in [1.807, 2.05) is 26.0 Å². The molecule has 2 nitrogen and oxygen atoms in total. The number of rotatable bonds is 2. The van der Waals surface area contributed by atoms with Crippen LogP contribution in [0.2, 0.25) is 18.1 Å². The summed E-state index contributed by atoms with van der Waals surface area (Å²) >= 11 is 3.46. The molecule has 1 heterocycles. The third-order valence-electron chi connectivity index (χ3n) is 3.56. The van der Waals surface area contributed by atoms with E-state index < -0.39 is 13.9 Å². The number of pyridine rings is 1. The van der Waals surface area contributed by atoms with E-state index in [9.17, 15) is 0 Å². The zero-order valence-electron chi connectivity index (χ0n) is 13.5. The molecule has 0 aromatic carbocycles. The lowest BCUT2D eigenvalue weighted by molar-refractivity contribution is 0.151. The Hall–Kier alpha value is -0.633. The van der Waals surface area contributed by atoms with Gasteiger partial charge in [-0.3, -0.25) is 0 Å². The Morgan fingerprint density at radius 2 is 1.80 bits per heavy atom. The molecule has 0 unspecified atom stereocenters. The van der Waals surface area contributed by atoms with Crippen molar-refractivity contribution in [3.8, 4) is 11.8 Å². The third-order valence-corrected chi connectivity index (χ3v) is 8.83. The lowest BCUT2D eigenvalue weighted by Gasteiger charge is -2.40. The highest BCUT2D eigenvalue weighted by molar-refractivity contribution is 9.10. The van der Waals surface area contributed by atoms with Crippen LogP contribution in [0.15, 0.2) is 22.8 Å². The van der Waals surface area contributed by atoms with Gasteiger partial charge in [0.15, 0.2) is 8.32 Å². The first-order valence-electron chi connectivity index (χ1n) is 6.78. The summed E-state index contributed by atoms with van der Waals surface area (Å²) in [5.74, 6) is 6.33. The predicted molar refractivity (Wildman–Crippen MR) is 91.2 cm³/mol. The Labute approximate surface area is 132 Å². The standard InChI is InChI=1S/C16H24BrNOSi/c1-15(2,3)20(6,7)19-16(4,5)11-10-14-13(17)9-8-12-18-14/h8-9,12H,1-7H3. The molecule has 1 aromatic heterocycles. The SMILES string of the molecule is CC(C)(C#Cc1ncccc1Br)O[Si](C)(C)C(C)(C)C. The fourth-order valence-electron chi connectivity index (χ4n) is 1.50. The van der Waals surface area contributed by atoms with Crippen LogP contribution in [0.3, 0.4) is 0 Å². The normalized spacial score (nSPS) is 12.8. The topological polar surface area (TPSA) is 22.1 Å². The van der Waals surface area contributed by atoms with E-state index in [-0.39, 0.29) is 5.04 Å². The Morgan fingerprint density at radius 3 is 2.30 bits per heavy atom. The van der Waals surface area contributed by atoms with Crippen LogP contribution in [0.5, 0.6) is 0 Å². The second kappa shape index (κ2) is 6.01. The second-order valence-electron chi connectivity index (χ2n) is 6.96. The molecule has 0 saturated heterocycles. The van der Waals surface area contributed by atoms with E-state index in [4.69, 9.17) is 4.43 Å². The summed E-state index contributed by atoms with van der Waals surface area (Å²) in [5.41, 5.74) is 0.277. The molecule has 0 aliphatic carbocycles. The van der Waals surface area contributed by atoms with Gasteiger partial charge in [0.2, 0.25) is 0 Å². The van der Waals surface area contributed by atoms with Gasteiger partial charge in [-0.1, -0.05) is 26.7 Å². The molecule has 0 spiro atoms.